The Labute approximate surface area is 152 Å². The lowest BCUT2D eigenvalue weighted by atomic mass is 9.86. The summed E-state index contributed by atoms with van der Waals surface area (Å²) in [6.07, 6.45) is 5.77. The van der Waals surface area contributed by atoms with E-state index in [1.54, 1.807) is 0 Å². The maximum absolute atomic E-state index is 12.1. The molecule has 1 aromatic rings. The van der Waals surface area contributed by atoms with Crippen molar-refractivity contribution in [3.63, 3.8) is 0 Å². The molecule has 1 aromatic heterocycles. The number of hydrogen-bond acceptors (Lipinski definition) is 7. The summed E-state index contributed by atoms with van der Waals surface area (Å²) in [5.41, 5.74) is 0. The zero-order valence-corrected chi connectivity index (χ0v) is 16.1. The molecular formula is C16H25N3O4S2. The predicted molar refractivity (Wildman–Crippen MR) is 95.0 cm³/mol. The molecule has 1 aliphatic heterocycles. The molecular weight excluding hydrogens is 362 g/mol. The van der Waals surface area contributed by atoms with Crippen molar-refractivity contribution in [1.82, 2.24) is 15.5 Å². The molecule has 140 valence electrons. The zero-order chi connectivity index (χ0) is 17.9. The highest BCUT2D eigenvalue weighted by molar-refractivity contribution is 7.99. The van der Waals surface area contributed by atoms with Gasteiger partial charge in [0.25, 0.3) is 5.22 Å². The number of thioether (sulfide) groups is 1. The number of rotatable bonds is 6. The van der Waals surface area contributed by atoms with E-state index in [1.807, 2.05) is 0 Å². The summed E-state index contributed by atoms with van der Waals surface area (Å²) >= 11 is 1.23. The molecule has 0 spiro atoms. The lowest BCUT2D eigenvalue weighted by molar-refractivity contribution is -0.119. The summed E-state index contributed by atoms with van der Waals surface area (Å²) in [4.78, 5) is 12.1. The van der Waals surface area contributed by atoms with Gasteiger partial charge >= 0.3 is 0 Å². The first-order chi connectivity index (χ1) is 11.9. The van der Waals surface area contributed by atoms with E-state index in [0.29, 0.717) is 29.9 Å². The molecule has 9 heteroatoms. The van der Waals surface area contributed by atoms with Crippen LogP contribution in [0.3, 0.4) is 0 Å². The van der Waals surface area contributed by atoms with Gasteiger partial charge in [0.05, 0.1) is 17.3 Å². The van der Waals surface area contributed by atoms with Gasteiger partial charge in [-0.3, -0.25) is 4.79 Å². The lowest BCUT2D eigenvalue weighted by Gasteiger charge is -2.29. The van der Waals surface area contributed by atoms with Crippen molar-refractivity contribution in [1.29, 1.82) is 0 Å². The zero-order valence-electron chi connectivity index (χ0n) is 14.4. The average Bonchev–Trinajstić information content (AvgIpc) is 3.14. The second-order valence-electron chi connectivity index (χ2n) is 7.16. The van der Waals surface area contributed by atoms with Gasteiger partial charge in [-0.15, -0.1) is 10.2 Å². The molecule has 0 aromatic carbocycles. The summed E-state index contributed by atoms with van der Waals surface area (Å²) in [6.45, 7) is 2.19. The molecule has 0 radical (unpaired) electrons. The molecule has 25 heavy (non-hydrogen) atoms. The molecule has 1 N–H and O–H groups in total. The third kappa shape index (κ3) is 5.44. The number of nitrogens with zero attached hydrogens (tertiary/aromatic N) is 2. The molecule has 3 rings (SSSR count). The number of nitrogens with one attached hydrogen (secondary N) is 1. The topological polar surface area (TPSA) is 102 Å². The second-order valence-corrected chi connectivity index (χ2v) is 10.3. The van der Waals surface area contributed by atoms with Gasteiger partial charge in [-0.2, -0.15) is 0 Å². The van der Waals surface area contributed by atoms with E-state index in [1.165, 1.54) is 31.0 Å². The van der Waals surface area contributed by atoms with E-state index in [4.69, 9.17) is 4.42 Å². The lowest BCUT2D eigenvalue weighted by Crippen LogP contribution is -2.41. The van der Waals surface area contributed by atoms with Crippen molar-refractivity contribution in [2.45, 2.75) is 56.7 Å². The van der Waals surface area contributed by atoms with Crippen LogP contribution in [-0.2, 0) is 21.1 Å². The van der Waals surface area contributed by atoms with Crippen LogP contribution in [0.1, 0.15) is 44.9 Å². The van der Waals surface area contributed by atoms with Crippen LogP contribution in [-0.4, -0.2) is 47.8 Å². The van der Waals surface area contributed by atoms with Crippen LogP contribution in [0, 0.1) is 11.8 Å². The first-order valence-electron chi connectivity index (χ1n) is 8.86. The van der Waals surface area contributed by atoms with Gasteiger partial charge in [-0.25, -0.2) is 8.42 Å². The van der Waals surface area contributed by atoms with Crippen LogP contribution in [0.2, 0.25) is 0 Å². The predicted octanol–water partition coefficient (Wildman–Crippen LogP) is 1.83. The van der Waals surface area contributed by atoms with Gasteiger partial charge < -0.3 is 9.73 Å². The van der Waals surface area contributed by atoms with Crippen LogP contribution >= 0.6 is 11.8 Å². The molecule has 3 atom stereocenters. The van der Waals surface area contributed by atoms with Gasteiger partial charge in [0.15, 0.2) is 9.84 Å². The Morgan fingerprint density at radius 3 is 2.80 bits per heavy atom. The third-order valence-electron chi connectivity index (χ3n) is 5.02. The van der Waals surface area contributed by atoms with E-state index in [-0.39, 0.29) is 35.1 Å². The summed E-state index contributed by atoms with van der Waals surface area (Å²) in [7, 11) is -2.90. The minimum absolute atomic E-state index is 0.00890. The van der Waals surface area contributed by atoms with E-state index in [0.717, 1.165) is 6.42 Å². The highest BCUT2D eigenvalue weighted by atomic mass is 32.2. The van der Waals surface area contributed by atoms with Crippen molar-refractivity contribution < 1.29 is 17.6 Å². The maximum atomic E-state index is 12.1. The molecule has 1 saturated carbocycles. The van der Waals surface area contributed by atoms with E-state index in [9.17, 15) is 13.2 Å². The van der Waals surface area contributed by atoms with Gasteiger partial charge in [-0.1, -0.05) is 31.5 Å². The molecule has 1 aliphatic carbocycles. The largest absolute Gasteiger partial charge is 0.416 e. The van der Waals surface area contributed by atoms with Gasteiger partial charge in [0.2, 0.25) is 11.8 Å². The Hall–Kier alpha value is -1.09. The first-order valence-corrected chi connectivity index (χ1v) is 11.7. The van der Waals surface area contributed by atoms with Crippen molar-refractivity contribution in [2.24, 2.45) is 11.8 Å². The molecule has 0 bridgehead atoms. The smallest absolute Gasteiger partial charge is 0.277 e. The number of carbonyl (C=O) groups excluding carboxylic acids is 1. The Bertz CT molecular complexity index is 704. The second kappa shape index (κ2) is 8.07. The van der Waals surface area contributed by atoms with Crippen LogP contribution in [0.15, 0.2) is 9.64 Å². The van der Waals surface area contributed by atoms with Gasteiger partial charge in [-0.05, 0) is 31.1 Å². The highest BCUT2D eigenvalue weighted by Gasteiger charge is 2.29. The summed E-state index contributed by atoms with van der Waals surface area (Å²) < 4.78 is 28.5. The SMILES string of the molecule is C[C@H]1CCCC[C@H]1NC(=O)CSc1nnc(C[C@@H]2CCS(=O)(=O)C2)o1. The molecule has 1 amide bonds. The minimum atomic E-state index is -2.90. The molecule has 2 heterocycles. The Kier molecular flexibility index (Phi) is 6.04. The van der Waals surface area contributed by atoms with Crippen molar-refractivity contribution >= 4 is 27.5 Å². The normalized spacial score (nSPS) is 28.8. The van der Waals surface area contributed by atoms with E-state index in [2.05, 4.69) is 22.4 Å². The van der Waals surface area contributed by atoms with Crippen LogP contribution in [0.25, 0.3) is 0 Å². The molecule has 2 aliphatic rings. The summed E-state index contributed by atoms with van der Waals surface area (Å²) in [5.74, 6) is 1.71. The highest BCUT2D eigenvalue weighted by Crippen LogP contribution is 2.25. The number of hydrogen-bond donors (Lipinski definition) is 1. The van der Waals surface area contributed by atoms with Crippen molar-refractivity contribution in [2.75, 3.05) is 17.3 Å². The Morgan fingerprint density at radius 1 is 1.28 bits per heavy atom. The molecule has 2 fully saturated rings. The Morgan fingerprint density at radius 2 is 2.08 bits per heavy atom. The summed E-state index contributed by atoms with van der Waals surface area (Å²) in [6, 6.07) is 0.268. The standard InChI is InChI=1S/C16H25N3O4S2/c1-11-4-2-3-5-13(11)17-14(20)9-24-16-19-18-15(23-16)8-12-6-7-25(21,22)10-12/h11-13H,2-10H2,1H3,(H,17,20)/t11-,12-,13+/m0/s1. The molecule has 7 nitrogen and oxygen atoms in total. The molecule has 1 saturated heterocycles. The van der Waals surface area contributed by atoms with Crippen LogP contribution in [0.4, 0.5) is 0 Å². The first kappa shape index (κ1) is 18.7. The third-order valence-corrected chi connectivity index (χ3v) is 7.68. The number of aromatic nitrogens is 2. The van der Waals surface area contributed by atoms with Crippen LogP contribution in [0.5, 0.6) is 0 Å². The fourth-order valence-electron chi connectivity index (χ4n) is 3.57. The average molecular weight is 388 g/mol. The number of amides is 1. The minimum Gasteiger partial charge on any atom is -0.416 e. The molecule has 0 unspecified atom stereocenters. The van der Waals surface area contributed by atoms with Crippen molar-refractivity contribution in [3.05, 3.63) is 5.89 Å². The quantitative estimate of drug-likeness (QED) is 0.743. The number of sulfone groups is 1. The number of carbonyl (C=O) groups is 1. The summed E-state index contributed by atoms with van der Waals surface area (Å²) in [5, 5.41) is 11.4. The van der Waals surface area contributed by atoms with Gasteiger partial charge in [0, 0.05) is 12.5 Å². The Balaban J connectivity index is 1.43. The fourth-order valence-corrected chi connectivity index (χ4v) is 6.02. The van der Waals surface area contributed by atoms with E-state index < -0.39 is 9.84 Å². The van der Waals surface area contributed by atoms with E-state index >= 15 is 0 Å². The monoisotopic (exact) mass is 387 g/mol. The maximum Gasteiger partial charge on any atom is 0.277 e. The fraction of sp³-hybridized carbons (Fsp3) is 0.812. The van der Waals surface area contributed by atoms with Gasteiger partial charge in [0.1, 0.15) is 0 Å². The van der Waals surface area contributed by atoms with Crippen molar-refractivity contribution in [3.8, 4) is 0 Å². The van der Waals surface area contributed by atoms with Crippen LogP contribution < -0.4 is 5.32 Å².